The number of rotatable bonds is 7. The van der Waals surface area contributed by atoms with E-state index in [1.807, 2.05) is 25.1 Å². The van der Waals surface area contributed by atoms with E-state index in [9.17, 15) is 0 Å². The minimum Gasteiger partial charge on any atom is -0.459 e. The summed E-state index contributed by atoms with van der Waals surface area (Å²) in [6, 6.07) is 8.09. The minimum absolute atomic E-state index is 0. The first-order valence-corrected chi connectivity index (χ1v) is 7.75. The third-order valence-corrected chi connectivity index (χ3v) is 3.54. The molecule has 2 aromatic rings. The van der Waals surface area contributed by atoms with Crippen molar-refractivity contribution in [3.63, 3.8) is 0 Å². The lowest BCUT2D eigenvalue weighted by molar-refractivity contribution is 0.145. The molecule has 5 nitrogen and oxygen atoms in total. The fourth-order valence-electron chi connectivity index (χ4n) is 2.30. The van der Waals surface area contributed by atoms with Crippen molar-refractivity contribution in [2.75, 3.05) is 26.8 Å². The number of nitrogens with one attached hydrogen (secondary N) is 2. The van der Waals surface area contributed by atoms with Crippen LogP contribution in [0.2, 0.25) is 0 Å². The van der Waals surface area contributed by atoms with Gasteiger partial charge in [-0.15, -0.1) is 24.0 Å². The molecule has 0 aliphatic rings. The number of aryl methyl sites for hydroxylation is 1. The van der Waals surface area contributed by atoms with Crippen molar-refractivity contribution < 1.29 is 9.15 Å². The first-order chi connectivity index (χ1) is 10.8. The Morgan fingerprint density at radius 3 is 2.74 bits per heavy atom. The van der Waals surface area contributed by atoms with E-state index in [0.29, 0.717) is 6.54 Å². The summed E-state index contributed by atoms with van der Waals surface area (Å²) < 4.78 is 11.2. The van der Waals surface area contributed by atoms with Crippen molar-refractivity contribution in [2.45, 2.75) is 26.8 Å². The molecule has 0 fully saturated rings. The average Bonchev–Trinajstić information content (AvgIpc) is 2.87. The van der Waals surface area contributed by atoms with Crippen LogP contribution in [0.15, 0.2) is 33.7 Å². The Labute approximate surface area is 154 Å². The number of aliphatic imine (C=N–C) groups is 1. The van der Waals surface area contributed by atoms with Crippen molar-refractivity contribution in [3.05, 3.63) is 35.6 Å². The second-order valence-electron chi connectivity index (χ2n) is 5.05. The van der Waals surface area contributed by atoms with Gasteiger partial charge in [0, 0.05) is 37.8 Å². The number of fused-ring (bicyclic) bond motifs is 1. The molecular formula is C17H26IN3O2. The standard InChI is InChI=1S/C17H25N3O2.HI/c1-4-21-11-7-10-19-17(18-3)20-12-16-13(2)14-8-5-6-9-15(14)22-16;/h5-6,8-9H,4,7,10-12H2,1-3H3,(H2,18,19,20);1H. The van der Waals surface area contributed by atoms with Crippen LogP contribution < -0.4 is 10.6 Å². The number of furan rings is 1. The lowest BCUT2D eigenvalue weighted by Gasteiger charge is -2.11. The third-order valence-electron chi connectivity index (χ3n) is 3.54. The molecule has 0 bridgehead atoms. The lowest BCUT2D eigenvalue weighted by Crippen LogP contribution is -2.37. The quantitative estimate of drug-likeness (QED) is 0.305. The molecule has 128 valence electrons. The lowest BCUT2D eigenvalue weighted by atomic mass is 10.1. The maximum Gasteiger partial charge on any atom is 0.191 e. The second kappa shape index (κ2) is 10.5. The Kier molecular flexibility index (Phi) is 9.01. The van der Waals surface area contributed by atoms with Crippen LogP contribution in [0.25, 0.3) is 11.0 Å². The van der Waals surface area contributed by atoms with Crippen molar-refractivity contribution in [1.29, 1.82) is 0 Å². The van der Waals surface area contributed by atoms with E-state index in [2.05, 4.69) is 28.6 Å². The molecule has 0 saturated heterocycles. The Balaban J connectivity index is 0.00000264. The molecule has 0 atom stereocenters. The molecule has 0 amide bonds. The van der Waals surface area contributed by atoms with Gasteiger partial charge >= 0.3 is 0 Å². The van der Waals surface area contributed by atoms with E-state index >= 15 is 0 Å². The summed E-state index contributed by atoms with van der Waals surface area (Å²) in [7, 11) is 1.77. The van der Waals surface area contributed by atoms with Crippen LogP contribution >= 0.6 is 24.0 Å². The summed E-state index contributed by atoms with van der Waals surface area (Å²) in [5.74, 6) is 1.72. The highest BCUT2D eigenvalue weighted by atomic mass is 127. The second-order valence-corrected chi connectivity index (χ2v) is 5.05. The molecule has 2 N–H and O–H groups in total. The fraction of sp³-hybridized carbons (Fsp3) is 0.471. The van der Waals surface area contributed by atoms with E-state index in [1.54, 1.807) is 7.05 Å². The van der Waals surface area contributed by atoms with Gasteiger partial charge in [0.25, 0.3) is 0 Å². The third kappa shape index (κ3) is 5.69. The maximum absolute atomic E-state index is 5.89. The van der Waals surface area contributed by atoms with Crippen LogP contribution in [0.1, 0.15) is 24.7 Å². The smallest absolute Gasteiger partial charge is 0.191 e. The minimum atomic E-state index is 0. The van der Waals surface area contributed by atoms with Gasteiger partial charge in [0.15, 0.2) is 5.96 Å². The molecule has 0 aliphatic carbocycles. The number of ether oxygens (including phenoxy) is 1. The summed E-state index contributed by atoms with van der Waals surface area (Å²) >= 11 is 0. The van der Waals surface area contributed by atoms with Crippen LogP contribution in [0.5, 0.6) is 0 Å². The van der Waals surface area contributed by atoms with Crippen molar-refractivity contribution in [2.24, 2.45) is 4.99 Å². The topological polar surface area (TPSA) is 58.8 Å². The maximum atomic E-state index is 5.89. The number of hydrogen-bond acceptors (Lipinski definition) is 3. The first kappa shape index (κ1) is 19.8. The Hall–Kier alpha value is -1.28. The number of benzene rings is 1. The highest BCUT2D eigenvalue weighted by Crippen LogP contribution is 2.24. The van der Waals surface area contributed by atoms with Gasteiger partial charge in [0.05, 0.1) is 6.54 Å². The average molecular weight is 431 g/mol. The van der Waals surface area contributed by atoms with Crippen LogP contribution in [0.4, 0.5) is 0 Å². The van der Waals surface area contributed by atoms with E-state index in [0.717, 1.165) is 43.5 Å². The first-order valence-electron chi connectivity index (χ1n) is 7.75. The monoisotopic (exact) mass is 431 g/mol. The molecule has 0 aliphatic heterocycles. The molecule has 0 radical (unpaired) electrons. The molecule has 1 heterocycles. The zero-order chi connectivity index (χ0) is 15.8. The number of nitrogens with zero attached hydrogens (tertiary/aromatic N) is 1. The molecule has 0 saturated carbocycles. The highest BCUT2D eigenvalue weighted by Gasteiger charge is 2.10. The van der Waals surface area contributed by atoms with E-state index in [4.69, 9.17) is 9.15 Å². The van der Waals surface area contributed by atoms with Crippen LogP contribution in [-0.4, -0.2) is 32.8 Å². The molecule has 0 spiro atoms. The van der Waals surface area contributed by atoms with Gasteiger partial charge in [-0.1, -0.05) is 18.2 Å². The van der Waals surface area contributed by atoms with E-state index < -0.39 is 0 Å². The SMILES string of the molecule is CCOCCCNC(=NC)NCc1oc2ccccc2c1C.I. The van der Waals surface area contributed by atoms with Crippen LogP contribution in [0, 0.1) is 6.92 Å². The fourth-order valence-corrected chi connectivity index (χ4v) is 2.30. The van der Waals surface area contributed by atoms with Crippen LogP contribution in [0.3, 0.4) is 0 Å². The summed E-state index contributed by atoms with van der Waals surface area (Å²) in [4.78, 5) is 4.22. The summed E-state index contributed by atoms with van der Waals surface area (Å²) in [5.41, 5.74) is 2.10. The Morgan fingerprint density at radius 1 is 1.26 bits per heavy atom. The normalized spacial score (nSPS) is 11.3. The van der Waals surface area contributed by atoms with Gasteiger partial charge in [-0.2, -0.15) is 0 Å². The van der Waals surface area contributed by atoms with Crippen molar-refractivity contribution in [3.8, 4) is 0 Å². The number of hydrogen-bond donors (Lipinski definition) is 2. The molecule has 23 heavy (non-hydrogen) atoms. The molecule has 1 aromatic heterocycles. The number of guanidine groups is 1. The van der Waals surface area contributed by atoms with E-state index in [-0.39, 0.29) is 24.0 Å². The zero-order valence-electron chi connectivity index (χ0n) is 14.0. The molecule has 0 unspecified atom stereocenters. The van der Waals surface area contributed by atoms with Gasteiger partial charge in [-0.05, 0) is 26.3 Å². The largest absolute Gasteiger partial charge is 0.459 e. The summed E-state index contributed by atoms with van der Waals surface area (Å²) in [5, 5.41) is 7.72. The summed E-state index contributed by atoms with van der Waals surface area (Å²) in [6.45, 7) is 7.07. The molecular weight excluding hydrogens is 405 g/mol. The van der Waals surface area contributed by atoms with Gasteiger partial charge in [-0.25, -0.2) is 0 Å². The zero-order valence-corrected chi connectivity index (χ0v) is 16.3. The predicted molar refractivity (Wildman–Crippen MR) is 106 cm³/mol. The van der Waals surface area contributed by atoms with Gasteiger partial charge in [0.2, 0.25) is 0 Å². The van der Waals surface area contributed by atoms with Gasteiger partial charge < -0.3 is 19.8 Å². The van der Waals surface area contributed by atoms with Gasteiger partial charge in [0.1, 0.15) is 11.3 Å². The van der Waals surface area contributed by atoms with Crippen molar-refractivity contribution >= 4 is 40.9 Å². The molecule has 6 heteroatoms. The van der Waals surface area contributed by atoms with Gasteiger partial charge in [-0.3, -0.25) is 4.99 Å². The summed E-state index contributed by atoms with van der Waals surface area (Å²) in [6.07, 6.45) is 0.957. The van der Waals surface area contributed by atoms with Crippen molar-refractivity contribution in [1.82, 2.24) is 10.6 Å². The number of halogens is 1. The predicted octanol–water partition coefficient (Wildman–Crippen LogP) is 3.45. The molecule has 1 aromatic carbocycles. The highest BCUT2D eigenvalue weighted by molar-refractivity contribution is 14.0. The van der Waals surface area contributed by atoms with Crippen LogP contribution in [-0.2, 0) is 11.3 Å². The Bertz CT molecular complexity index is 625. The molecule has 2 rings (SSSR count). The Morgan fingerprint density at radius 2 is 2.04 bits per heavy atom. The number of para-hydroxylation sites is 1. The van der Waals surface area contributed by atoms with E-state index in [1.165, 1.54) is 10.9 Å².